The zero-order valence-electron chi connectivity index (χ0n) is 13.5. The Bertz CT molecular complexity index is 891. The van der Waals surface area contributed by atoms with Gasteiger partial charge in [0, 0.05) is 5.02 Å². The number of nitrogens with one attached hydrogen (secondary N) is 1. The van der Waals surface area contributed by atoms with Crippen molar-refractivity contribution in [3.63, 3.8) is 0 Å². The highest BCUT2D eigenvalue weighted by molar-refractivity contribution is 7.80. The van der Waals surface area contributed by atoms with E-state index in [0.29, 0.717) is 10.7 Å². The van der Waals surface area contributed by atoms with Crippen LogP contribution in [-0.4, -0.2) is 16.9 Å². The first-order valence-corrected chi connectivity index (χ1v) is 8.55. The molecule has 1 heterocycles. The molecule has 126 valence electrons. The van der Waals surface area contributed by atoms with Gasteiger partial charge in [-0.05, 0) is 60.1 Å². The van der Waals surface area contributed by atoms with Crippen LogP contribution in [0.1, 0.15) is 18.1 Å². The molecule has 0 unspecified atom stereocenters. The van der Waals surface area contributed by atoms with E-state index >= 15 is 0 Å². The van der Waals surface area contributed by atoms with Gasteiger partial charge in [0.25, 0.3) is 11.8 Å². The molecule has 0 bridgehead atoms. The van der Waals surface area contributed by atoms with E-state index in [4.69, 9.17) is 23.8 Å². The number of carbonyl (C=O) groups excluding carboxylic acids is 2. The average molecular weight is 371 g/mol. The smallest absolute Gasteiger partial charge is 0.270 e. The first-order chi connectivity index (χ1) is 12.0. The fourth-order valence-corrected chi connectivity index (χ4v) is 3.04. The van der Waals surface area contributed by atoms with Crippen LogP contribution in [0.4, 0.5) is 5.69 Å². The molecule has 1 saturated heterocycles. The van der Waals surface area contributed by atoms with Gasteiger partial charge in [-0.3, -0.25) is 19.8 Å². The van der Waals surface area contributed by atoms with Crippen molar-refractivity contribution in [1.82, 2.24) is 5.32 Å². The second-order valence-electron chi connectivity index (χ2n) is 5.49. The maximum absolute atomic E-state index is 12.9. The van der Waals surface area contributed by atoms with E-state index in [-0.39, 0.29) is 10.7 Å². The minimum atomic E-state index is -0.494. The molecule has 2 aromatic rings. The van der Waals surface area contributed by atoms with Crippen LogP contribution in [0.3, 0.4) is 0 Å². The van der Waals surface area contributed by atoms with Crippen molar-refractivity contribution in [3.05, 3.63) is 70.3 Å². The van der Waals surface area contributed by atoms with E-state index < -0.39 is 11.8 Å². The molecule has 1 aliphatic rings. The zero-order valence-corrected chi connectivity index (χ0v) is 15.0. The van der Waals surface area contributed by atoms with Crippen molar-refractivity contribution >= 4 is 52.5 Å². The molecular formula is C19H15ClN2O2S. The summed E-state index contributed by atoms with van der Waals surface area (Å²) in [5.41, 5.74) is 2.49. The molecule has 1 fully saturated rings. The predicted octanol–water partition coefficient (Wildman–Crippen LogP) is 3.73. The summed E-state index contributed by atoms with van der Waals surface area (Å²) in [6, 6.07) is 14.4. The maximum Gasteiger partial charge on any atom is 0.270 e. The van der Waals surface area contributed by atoms with Crippen LogP contribution in [-0.2, 0) is 16.0 Å². The molecule has 1 N–H and O–H groups in total. The highest BCUT2D eigenvalue weighted by Crippen LogP contribution is 2.24. The van der Waals surface area contributed by atoms with Gasteiger partial charge in [0.1, 0.15) is 5.57 Å². The van der Waals surface area contributed by atoms with Crippen LogP contribution in [0.15, 0.2) is 54.1 Å². The van der Waals surface area contributed by atoms with Gasteiger partial charge in [-0.1, -0.05) is 42.8 Å². The molecule has 0 saturated carbocycles. The van der Waals surface area contributed by atoms with Crippen LogP contribution in [0, 0.1) is 0 Å². The number of amides is 2. The van der Waals surface area contributed by atoms with Gasteiger partial charge in [0.2, 0.25) is 0 Å². The van der Waals surface area contributed by atoms with Crippen LogP contribution in [0.25, 0.3) is 6.08 Å². The van der Waals surface area contributed by atoms with Crippen molar-refractivity contribution in [3.8, 4) is 0 Å². The number of hydrogen-bond acceptors (Lipinski definition) is 3. The number of halogens is 1. The number of carbonyl (C=O) groups is 2. The highest BCUT2D eigenvalue weighted by Gasteiger charge is 2.34. The molecule has 0 atom stereocenters. The van der Waals surface area contributed by atoms with E-state index in [9.17, 15) is 9.59 Å². The third-order valence-electron chi connectivity index (χ3n) is 3.92. The first kappa shape index (κ1) is 17.3. The van der Waals surface area contributed by atoms with Crippen LogP contribution >= 0.6 is 23.8 Å². The third-order valence-corrected chi connectivity index (χ3v) is 4.46. The number of anilines is 1. The fourth-order valence-electron chi connectivity index (χ4n) is 2.63. The summed E-state index contributed by atoms with van der Waals surface area (Å²) in [4.78, 5) is 26.5. The van der Waals surface area contributed by atoms with Crippen molar-refractivity contribution in [2.75, 3.05) is 4.90 Å². The number of benzene rings is 2. The van der Waals surface area contributed by atoms with Gasteiger partial charge in [0.05, 0.1) is 5.69 Å². The van der Waals surface area contributed by atoms with Crippen molar-refractivity contribution < 1.29 is 9.59 Å². The van der Waals surface area contributed by atoms with E-state index in [2.05, 4.69) is 5.32 Å². The number of thiocarbonyl (C=S) groups is 1. The average Bonchev–Trinajstić information content (AvgIpc) is 2.60. The molecule has 6 heteroatoms. The van der Waals surface area contributed by atoms with Crippen LogP contribution in [0.2, 0.25) is 5.02 Å². The van der Waals surface area contributed by atoms with Gasteiger partial charge in [-0.25, -0.2) is 0 Å². The van der Waals surface area contributed by atoms with E-state index in [0.717, 1.165) is 17.5 Å². The molecule has 1 aliphatic heterocycles. The minimum Gasteiger partial charge on any atom is -0.298 e. The van der Waals surface area contributed by atoms with Gasteiger partial charge in [0.15, 0.2) is 5.11 Å². The standard InChI is InChI=1S/C19H15ClN2O2S/c1-2-12-5-3-4-6-13(12)11-16-17(23)21-19(25)22(18(16)24)15-9-7-14(20)8-10-15/h3-11H,2H2,1H3,(H,21,23,25). The molecule has 2 amide bonds. The fraction of sp³-hybridized carbons (Fsp3) is 0.105. The van der Waals surface area contributed by atoms with Gasteiger partial charge in [-0.2, -0.15) is 0 Å². The molecule has 2 aromatic carbocycles. The van der Waals surface area contributed by atoms with E-state index in [1.54, 1.807) is 30.3 Å². The van der Waals surface area contributed by atoms with Crippen molar-refractivity contribution in [1.29, 1.82) is 0 Å². The summed E-state index contributed by atoms with van der Waals surface area (Å²) in [6.07, 6.45) is 2.41. The largest absolute Gasteiger partial charge is 0.298 e. The Morgan fingerprint density at radius 3 is 2.48 bits per heavy atom. The lowest BCUT2D eigenvalue weighted by Gasteiger charge is -2.29. The minimum absolute atomic E-state index is 0.0458. The Balaban J connectivity index is 2.03. The van der Waals surface area contributed by atoms with Crippen LogP contribution in [0.5, 0.6) is 0 Å². The summed E-state index contributed by atoms with van der Waals surface area (Å²) in [5.74, 6) is -0.951. The Labute approximate surface area is 156 Å². The van der Waals surface area contributed by atoms with E-state index in [1.165, 1.54) is 4.90 Å². The Kier molecular flexibility index (Phi) is 4.97. The Morgan fingerprint density at radius 1 is 1.12 bits per heavy atom. The topological polar surface area (TPSA) is 49.4 Å². The molecule has 3 rings (SSSR count). The predicted molar refractivity (Wildman–Crippen MR) is 103 cm³/mol. The Morgan fingerprint density at radius 2 is 1.80 bits per heavy atom. The molecular weight excluding hydrogens is 356 g/mol. The summed E-state index contributed by atoms with van der Waals surface area (Å²) in [5, 5.41) is 3.18. The lowest BCUT2D eigenvalue weighted by atomic mass is 10.0. The molecule has 0 spiro atoms. The quantitative estimate of drug-likeness (QED) is 0.508. The zero-order chi connectivity index (χ0) is 18.0. The molecule has 0 radical (unpaired) electrons. The normalized spacial score (nSPS) is 16.3. The highest BCUT2D eigenvalue weighted by atomic mass is 35.5. The summed E-state index contributed by atoms with van der Waals surface area (Å²) < 4.78 is 0. The molecule has 0 aliphatic carbocycles. The number of aryl methyl sites for hydroxylation is 1. The van der Waals surface area contributed by atoms with E-state index in [1.807, 2.05) is 31.2 Å². The SMILES string of the molecule is CCc1ccccc1C=C1C(=O)NC(=S)N(c2ccc(Cl)cc2)C1=O. The number of rotatable bonds is 3. The molecule has 25 heavy (non-hydrogen) atoms. The number of hydrogen-bond donors (Lipinski definition) is 1. The molecule has 0 aromatic heterocycles. The monoisotopic (exact) mass is 370 g/mol. The number of nitrogens with zero attached hydrogens (tertiary/aromatic N) is 1. The van der Waals surface area contributed by atoms with Gasteiger partial charge < -0.3 is 0 Å². The first-order valence-electron chi connectivity index (χ1n) is 7.76. The summed E-state index contributed by atoms with van der Waals surface area (Å²) >= 11 is 11.1. The van der Waals surface area contributed by atoms with Gasteiger partial charge in [-0.15, -0.1) is 0 Å². The second kappa shape index (κ2) is 7.17. The molecule has 4 nitrogen and oxygen atoms in total. The second-order valence-corrected chi connectivity index (χ2v) is 6.31. The summed E-state index contributed by atoms with van der Waals surface area (Å²) in [7, 11) is 0. The van der Waals surface area contributed by atoms with Crippen molar-refractivity contribution in [2.45, 2.75) is 13.3 Å². The third kappa shape index (κ3) is 3.48. The maximum atomic E-state index is 12.9. The summed E-state index contributed by atoms with van der Waals surface area (Å²) in [6.45, 7) is 2.02. The van der Waals surface area contributed by atoms with Crippen molar-refractivity contribution in [2.24, 2.45) is 0 Å². The van der Waals surface area contributed by atoms with Gasteiger partial charge >= 0.3 is 0 Å². The van der Waals surface area contributed by atoms with Crippen LogP contribution < -0.4 is 10.2 Å². The Hall–Kier alpha value is -2.50. The lowest BCUT2D eigenvalue weighted by Crippen LogP contribution is -2.54. The lowest BCUT2D eigenvalue weighted by molar-refractivity contribution is -0.122.